The van der Waals surface area contributed by atoms with E-state index in [0.29, 0.717) is 37.1 Å². The topological polar surface area (TPSA) is 76.7 Å². The van der Waals surface area contributed by atoms with Gasteiger partial charge in [0.05, 0.1) is 25.6 Å². The zero-order valence-corrected chi connectivity index (χ0v) is 18.4. The summed E-state index contributed by atoms with van der Waals surface area (Å²) < 4.78 is 10.3. The van der Waals surface area contributed by atoms with Crippen LogP contribution >= 0.6 is 0 Å². The van der Waals surface area contributed by atoms with Gasteiger partial charge in [-0.2, -0.15) is 0 Å². The fourth-order valence-corrected chi connectivity index (χ4v) is 3.23. The number of amides is 2. The average molecular weight is 433 g/mol. The first kappa shape index (κ1) is 22.9. The first-order chi connectivity index (χ1) is 15.6. The Kier molecular flexibility index (Phi) is 8.26. The molecule has 2 N–H and O–H groups in total. The summed E-state index contributed by atoms with van der Waals surface area (Å²) >= 11 is 0. The molecule has 6 heteroatoms. The van der Waals surface area contributed by atoms with Gasteiger partial charge in [-0.3, -0.25) is 9.59 Å². The van der Waals surface area contributed by atoms with Crippen LogP contribution in [0.15, 0.2) is 72.8 Å². The Labute approximate surface area is 188 Å². The largest absolute Gasteiger partial charge is 0.497 e. The normalized spacial score (nSPS) is 10.3. The second-order valence-electron chi connectivity index (χ2n) is 7.34. The summed E-state index contributed by atoms with van der Waals surface area (Å²) in [6.45, 7) is 0. The number of ether oxygens (including phenoxy) is 2. The standard InChI is InChI=1S/C26H28N2O4/c1-31-21-13-7-19(8-14-21)11-17-25(29)27-23-5-3-4-6-24(23)28-26(30)18-12-20-9-15-22(32-2)16-10-20/h3-10,13-16H,11-12,17-18H2,1-2H3,(H,27,29)(H,28,30). The minimum absolute atomic E-state index is 0.110. The van der Waals surface area contributed by atoms with E-state index in [-0.39, 0.29) is 11.8 Å². The maximum atomic E-state index is 12.5. The third-order valence-electron chi connectivity index (χ3n) is 5.07. The van der Waals surface area contributed by atoms with Crippen LogP contribution in [0.1, 0.15) is 24.0 Å². The number of carbonyl (C=O) groups excluding carboxylic acids is 2. The molecule has 0 radical (unpaired) electrons. The van der Waals surface area contributed by atoms with Crippen LogP contribution in [0.3, 0.4) is 0 Å². The van der Waals surface area contributed by atoms with Crippen molar-refractivity contribution in [3.63, 3.8) is 0 Å². The molecule has 32 heavy (non-hydrogen) atoms. The molecule has 3 rings (SSSR count). The van der Waals surface area contributed by atoms with Gasteiger partial charge in [0.2, 0.25) is 11.8 Å². The Hall–Kier alpha value is -3.80. The highest BCUT2D eigenvalue weighted by atomic mass is 16.5. The van der Waals surface area contributed by atoms with Gasteiger partial charge < -0.3 is 20.1 Å². The van der Waals surface area contributed by atoms with Crippen molar-refractivity contribution in [1.82, 2.24) is 0 Å². The van der Waals surface area contributed by atoms with E-state index in [0.717, 1.165) is 22.6 Å². The highest BCUT2D eigenvalue weighted by Crippen LogP contribution is 2.22. The van der Waals surface area contributed by atoms with Crippen molar-refractivity contribution >= 4 is 23.2 Å². The fraction of sp³-hybridized carbons (Fsp3) is 0.231. The molecule has 0 saturated heterocycles. The lowest BCUT2D eigenvalue weighted by Gasteiger charge is -2.12. The molecule has 0 aromatic heterocycles. The molecular formula is C26H28N2O4. The van der Waals surface area contributed by atoms with E-state index in [2.05, 4.69) is 10.6 Å². The van der Waals surface area contributed by atoms with Crippen molar-refractivity contribution in [2.45, 2.75) is 25.7 Å². The lowest BCUT2D eigenvalue weighted by atomic mass is 10.1. The van der Waals surface area contributed by atoms with Crippen LogP contribution in [0.25, 0.3) is 0 Å². The monoisotopic (exact) mass is 432 g/mol. The van der Waals surface area contributed by atoms with Gasteiger partial charge in [0.1, 0.15) is 11.5 Å². The van der Waals surface area contributed by atoms with Crippen molar-refractivity contribution in [1.29, 1.82) is 0 Å². The number of methoxy groups -OCH3 is 2. The molecule has 0 atom stereocenters. The van der Waals surface area contributed by atoms with Crippen molar-refractivity contribution in [2.75, 3.05) is 24.9 Å². The van der Waals surface area contributed by atoms with Crippen LogP contribution < -0.4 is 20.1 Å². The number of aryl methyl sites for hydroxylation is 2. The molecular weight excluding hydrogens is 404 g/mol. The highest BCUT2D eigenvalue weighted by Gasteiger charge is 2.10. The zero-order valence-electron chi connectivity index (χ0n) is 18.4. The molecule has 0 saturated carbocycles. The van der Waals surface area contributed by atoms with Gasteiger partial charge in [-0.15, -0.1) is 0 Å². The first-order valence-corrected chi connectivity index (χ1v) is 10.5. The van der Waals surface area contributed by atoms with Gasteiger partial charge in [-0.25, -0.2) is 0 Å². The molecule has 3 aromatic carbocycles. The zero-order chi connectivity index (χ0) is 22.8. The van der Waals surface area contributed by atoms with Crippen LogP contribution in [0, 0.1) is 0 Å². The van der Waals surface area contributed by atoms with Gasteiger partial charge in [0.25, 0.3) is 0 Å². The van der Waals surface area contributed by atoms with Crippen LogP contribution in [-0.2, 0) is 22.4 Å². The fourth-order valence-electron chi connectivity index (χ4n) is 3.23. The third-order valence-corrected chi connectivity index (χ3v) is 5.07. The van der Waals surface area contributed by atoms with E-state index >= 15 is 0 Å². The van der Waals surface area contributed by atoms with E-state index in [4.69, 9.17) is 9.47 Å². The number of anilines is 2. The summed E-state index contributed by atoms with van der Waals surface area (Å²) in [4.78, 5) is 24.9. The quantitative estimate of drug-likeness (QED) is 0.480. The molecule has 0 heterocycles. The SMILES string of the molecule is COc1ccc(CCC(=O)Nc2ccccc2NC(=O)CCc2ccc(OC)cc2)cc1. The second kappa shape index (κ2) is 11.6. The minimum Gasteiger partial charge on any atom is -0.497 e. The molecule has 3 aromatic rings. The molecule has 166 valence electrons. The summed E-state index contributed by atoms with van der Waals surface area (Å²) in [5.74, 6) is 1.35. The van der Waals surface area contributed by atoms with Crippen LogP contribution in [0.4, 0.5) is 11.4 Å². The van der Waals surface area contributed by atoms with E-state index in [1.807, 2.05) is 60.7 Å². The lowest BCUT2D eigenvalue weighted by molar-refractivity contribution is -0.117. The van der Waals surface area contributed by atoms with Gasteiger partial charge >= 0.3 is 0 Å². The van der Waals surface area contributed by atoms with Crippen molar-refractivity contribution in [2.24, 2.45) is 0 Å². The molecule has 0 aliphatic carbocycles. The van der Waals surface area contributed by atoms with E-state index in [1.165, 1.54) is 0 Å². The Morgan fingerprint density at radius 1 is 0.625 bits per heavy atom. The van der Waals surface area contributed by atoms with Crippen LogP contribution in [0.2, 0.25) is 0 Å². The smallest absolute Gasteiger partial charge is 0.224 e. The molecule has 0 fully saturated rings. The number of carbonyl (C=O) groups is 2. The van der Waals surface area contributed by atoms with Crippen molar-refractivity contribution in [3.8, 4) is 11.5 Å². The molecule has 0 unspecified atom stereocenters. The van der Waals surface area contributed by atoms with Gasteiger partial charge in [0, 0.05) is 12.8 Å². The number of para-hydroxylation sites is 2. The number of rotatable bonds is 10. The maximum Gasteiger partial charge on any atom is 0.224 e. The molecule has 0 aliphatic heterocycles. The first-order valence-electron chi connectivity index (χ1n) is 10.5. The maximum absolute atomic E-state index is 12.5. The molecule has 0 bridgehead atoms. The Morgan fingerprint density at radius 3 is 1.34 bits per heavy atom. The van der Waals surface area contributed by atoms with Crippen molar-refractivity contribution < 1.29 is 19.1 Å². The van der Waals surface area contributed by atoms with Gasteiger partial charge in [-0.05, 0) is 60.4 Å². The number of nitrogens with one attached hydrogen (secondary N) is 2. The summed E-state index contributed by atoms with van der Waals surface area (Å²) in [5, 5.41) is 5.81. The number of hydrogen-bond acceptors (Lipinski definition) is 4. The predicted octanol–water partition coefficient (Wildman–Crippen LogP) is 4.85. The summed E-state index contributed by atoms with van der Waals surface area (Å²) in [5.41, 5.74) is 3.29. The Morgan fingerprint density at radius 2 is 1.00 bits per heavy atom. The van der Waals surface area contributed by atoms with E-state index in [9.17, 15) is 9.59 Å². The lowest BCUT2D eigenvalue weighted by Crippen LogP contribution is -2.17. The molecule has 0 aliphatic rings. The third kappa shape index (κ3) is 6.87. The average Bonchev–Trinajstić information content (AvgIpc) is 2.83. The highest BCUT2D eigenvalue weighted by molar-refractivity contribution is 5.99. The van der Waals surface area contributed by atoms with Crippen LogP contribution in [-0.4, -0.2) is 26.0 Å². The Bertz CT molecular complexity index is 946. The van der Waals surface area contributed by atoms with Crippen LogP contribution in [0.5, 0.6) is 11.5 Å². The van der Waals surface area contributed by atoms with Crippen molar-refractivity contribution in [3.05, 3.63) is 83.9 Å². The van der Waals surface area contributed by atoms with E-state index in [1.54, 1.807) is 26.4 Å². The molecule has 0 spiro atoms. The summed E-state index contributed by atoms with van der Waals surface area (Å²) in [6.07, 6.45) is 1.91. The van der Waals surface area contributed by atoms with E-state index < -0.39 is 0 Å². The summed E-state index contributed by atoms with van der Waals surface area (Å²) in [7, 11) is 3.25. The summed E-state index contributed by atoms with van der Waals surface area (Å²) in [6, 6.07) is 22.5. The predicted molar refractivity (Wildman–Crippen MR) is 126 cm³/mol. The molecule has 2 amide bonds. The van der Waals surface area contributed by atoms with Gasteiger partial charge in [0.15, 0.2) is 0 Å². The molecule has 6 nitrogen and oxygen atoms in total. The minimum atomic E-state index is -0.110. The number of benzene rings is 3. The van der Waals surface area contributed by atoms with Gasteiger partial charge in [-0.1, -0.05) is 36.4 Å². The number of hydrogen-bond donors (Lipinski definition) is 2. The second-order valence-corrected chi connectivity index (χ2v) is 7.34. The Balaban J connectivity index is 1.51.